The van der Waals surface area contributed by atoms with Crippen molar-refractivity contribution >= 4 is 28.8 Å². The third-order valence-corrected chi connectivity index (χ3v) is 5.76. The molecule has 0 radical (unpaired) electrons. The van der Waals surface area contributed by atoms with E-state index in [1.807, 2.05) is 18.0 Å². The van der Waals surface area contributed by atoms with Crippen LogP contribution in [0.1, 0.15) is 42.5 Å². The van der Waals surface area contributed by atoms with Crippen LogP contribution in [0, 0.1) is 6.92 Å². The number of likely N-dealkylation sites (N-methyl/N-ethyl adjacent to an activating group) is 1. The number of aryl methyl sites for hydroxylation is 1. The zero-order valence-electron chi connectivity index (χ0n) is 15.1. The van der Waals surface area contributed by atoms with E-state index in [4.69, 9.17) is 27.9 Å². The van der Waals surface area contributed by atoms with Crippen molar-refractivity contribution in [1.82, 2.24) is 15.1 Å². The van der Waals surface area contributed by atoms with Crippen molar-refractivity contribution in [3.05, 3.63) is 57.5 Å². The van der Waals surface area contributed by atoms with Gasteiger partial charge in [-0.1, -0.05) is 41.4 Å². The minimum absolute atomic E-state index is 0.356. The summed E-state index contributed by atoms with van der Waals surface area (Å²) in [6.07, 6.45) is 2.45. The highest BCUT2D eigenvalue weighted by Crippen LogP contribution is 2.48. The average Bonchev–Trinajstić information content (AvgIpc) is 3.40. The first-order valence-electron chi connectivity index (χ1n) is 8.78. The van der Waals surface area contributed by atoms with E-state index in [2.05, 4.69) is 42.2 Å². The van der Waals surface area contributed by atoms with Crippen molar-refractivity contribution in [3.8, 4) is 5.75 Å². The molecule has 2 heterocycles. The molecule has 1 fully saturated rings. The quantitative estimate of drug-likeness (QED) is 0.689. The number of hydrogen-bond donors (Lipinski definition) is 0. The van der Waals surface area contributed by atoms with Crippen molar-refractivity contribution in [2.24, 2.45) is 0 Å². The summed E-state index contributed by atoms with van der Waals surface area (Å²) in [6.45, 7) is 4.80. The Hall–Kier alpha value is -1.78. The molecule has 0 N–H and O–H groups in total. The molecule has 4 rings (SSSR count). The molecule has 1 saturated carbocycles. The van der Waals surface area contributed by atoms with Crippen LogP contribution in [-0.2, 0) is 0 Å². The molecule has 0 saturated heterocycles. The van der Waals surface area contributed by atoms with Crippen LogP contribution in [0.25, 0.3) is 5.57 Å². The van der Waals surface area contributed by atoms with Gasteiger partial charge in [0.2, 0.25) is 0 Å². The van der Waals surface area contributed by atoms with E-state index in [0.29, 0.717) is 28.5 Å². The smallest absolute Gasteiger partial charge is 0.154 e. The first-order valence-corrected chi connectivity index (χ1v) is 9.54. The lowest BCUT2D eigenvalue weighted by Crippen LogP contribution is -2.38. The van der Waals surface area contributed by atoms with E-state index in [0.717, 1.165) is 16.9 Å². The Morgan fingerprint density at radius 1 is 1.15 bits per heavy atom. The van der Waals surface area contributed by atoms with Crippen LogP contribution in [-0.4, -0.2) is 34.3 Å². The van der Waals surface area contributed by atoms with E-state index in [-0.39, 0.29) is 0 Å². The van der Waals surface area contributed by atoms with Crippen molar-refractivity contribution in [3.63, 3.8) is 0 Å². The monoisotopic (exact) mass is 389 g/mol. The van der Waals surface area contributed by atoms with Gasteiger partial charge in [-0.25, -0.2) is 0 Å². The Labute approximate surface area is 163 Å². The van der Waals surface area contributed by atoms with Gasteiger partial charge >= 0.3 is 0 Å². The van der Waals surface area contributed by atoms with Gasteiger partial charge in [0, 0.05) is 7.05 Å². The predicted molar refractivity (Wildman–Crippen MR) is 105 cm³/mol. The second-order valence-electron chi connectivity index (χ2n) is 7.36. The number of aromatic nitrogens is 2. The summed E-state index contributed by atoms with van der Waals surface area (Å²) in [7, 11) is 1.96. The van der Waals surface area contributed by atoms with Crippen molar-refractivity contribution < 1.29 is 4.74 Å². The van der Waals surface area contributed by atoms with Gasteiger partial charge in [-0.3, -0.25) is 0 Å². The van der Waals surface area contributed by atoms with Gasteiger partial charge in [-0.2, -0.15) is 0 Å². The SMILES string of the molecule is Cc1cccc(C2CC2)c1OC1(C)CN(C)C(Cl)=C1c1ccc(Cl)nn1. The molecule has 1 aromatic heterocycles. The lowest BCUT2D eigenvalue weighted by Gasteiger charge is -2.31. The van der Waals surface area contributed by atoms with Crippen LogP contribution in [0.4, 0.5) is 0 Å². The van der Waals surface area contributed by atoms with Crippen LogP contribution in [0.15, 0.2) is 35.5 Å². The molecule has 0 amide bonds. The Bertz CT molecular complexity index is 877. The summed E-state index contributed by atoms with van der Waals surface area (Å²) >= 11 is 12.5. The van der Waals surface area contributed by atoms with Crippen molar-refractivity contribution in [2.45, 2.75) is 38.2 Å². The summed E-state index contributed by atoms with van der Waals surface area (Å²) in [4.78, 5) is 1.99. The maximum absolute atomic E-state index is 6.68. The molecule has 26 heavy (non-hydrogen) atoms. The average molecular weight is 390 g/mol. The van der Waals surface area contributed by atoms with Crippen LogP contribution in [0.3, 0.4) is 0 Å². The summed E-state index contributed by atoms with van der Waals surface area (Å²) in [6, 6.07) is 9.94. The van der Waals surface area contributed by atoms with E-state index in [1.54, 1.807) is 6.07 Å². The summed E-state index contributed by atoms with van der Waals surface area (Å²) in [5, 5.41) is 9.21. The number of benzene rings is 1. The summed E-state index contributed by atoms with van der Waals surface area (Å²) in [5.41, 5.74) is 3.34. The van der Waals surface area contributed by atoms with Gasteiger partial charge < -0.3 is 9.64 Å². The highest BCUT2D eigenvalue weighted by Gasteiger charge is 2.44. The Morgan fingerprint density at radius 3 is 2.58 bits per heavy atom. The van der Waals surface area contributed by atoms with E-state index in [9.17, 15) is 0 Å². The summed E-state index contributed by atoms with van der Waals surface area (Å²) < 4.78 is 6.68. The highest BCUT2D eigenvalue weighted by molar-refractivity contribution is 6.33. The molecule has 0 spiro atoms. The second-order valence-corrected chi connectivity index (χ2v) is 8.11. The molecular weight excluding hydrogens is 369 g/mol. The van der Waals surface area contributed by atoms with Gasteiger partial charge in [0.05, 0.1) is 17.8 Å². The normalized spacial score (nSPS) is 22.9. The maximum atomic E-state index is 6.68. The van der Waals surface area contributed by atoms with Crippen molar-refractivity contribution in [2.75, 3.05) is 13.6 Å². The standard InChI is InChI=1S/C20H21Cl2N3O/c1-12-5-4-6-14(13-7-8-13)18(12)26-20(2)11-25(3)19(22)17(20)15-9-10-16(21)24-23-15/h4-6,9-10,13H,7-8,11H2,1-3H3. The second kappa shape index (κ2) is 6.43. The zero-order chi connectivity index (χ0) is 18.5. The minimum atomic E-state index is -0.621. The van der Waals surface area contributed by atoms with Crippen LogP contribution in [0.2, 0.25) is 5.15 Å². The van der Waals surface area contributed by atoms with E-state index in [1.165, 1.54) is 18.4 Å². The summed E-state index contributed by atoms with van der Waals surface area (Å²) in [5.74, 6) is 1.57. The Balaban J connectivity index is 1.77. The van der Waals surface area contributed by atoms with Gasteiger partial charge in [0.25, 0.3) is 0 Å². The number of nitrogens with zero attached hydrogens (tertiary/aromatic N) is 3. The lowest BCUT2D eigenvalue weighted by molar-refractivity contribution is 0.134. The fraction of sp³-hybridized carbons (Fsp3) is 0.400. The number of hydrogen-bond acceptors (Lipinski definition) is 4. The molecule has 1 aromatic carbocycles. The van der Waals surface area contributed by atoms with E-state index >= 15 is 0 Å². The number of halogens is 2. The van der Waals surface area contributed by atoms with E-state index < -0.39 is 5.60 Å². The molecule has 136 valence electrons. The lowest BCUT2D eigenvalue weighted by atomic mass is 9.95. The fourth-order valence-corrected chi connectivity index (χ4v) is 4.13. The van der Waals surface area contributed by atoms with Crippen LogP contribution >= 0.6 is 23.2 Å². The molecule has 2 aromatic rings. The molecule has 1 atom stereocenters. The molecule has 6 heteroatoms. The molecule has 2 aliphatic rings. The van der Waals surface area contributed by atoms with Gasteiger partial charge in [0.1, 0.15) is 10.9 Å². The number of ether oxygens (including phenoxy) is 1. The van der Waals surface area contributed by atoms with Gasteiger partial charge in [-0.15, -0.1) is 10.2 Å². The zero-order valence-corrected chi connectivity index (χ0v) is 16.6. The third kappa shape index (κ3) is 3.06. The highest BCUT2D eigenvalue weighted by atomic mass is 35.5. The number of rotatable bonds is 4. The topological polar surface area (TPSA) is 38.2 Å². The Morgan fingerprint density at radius 2 is 1.92 bits per heavy atom. The van der Waals surface area contributed by atoms with Crippen LogP contribution in [0.5, 0.6) is 5.75 Å². The fourth-order valence-electron chi connectivity index (χ4n) is 3.67. The first-order chi connectivity index (χ1) is 12.4. The molecule has 4 nitrogen and oxygen atoms in total. The molecule has 0 bridgehead atoms. The first kappa shape index (κ1) is 17.6. The maximum Gasteiger partial charge on any atom is 0.154 e. The third-order valence-electron chi connectivity index (χ3n) is 5.08. The van der Waals surface area contributed by atoms with Gasteiger partial charge in [0.15, 0.2) is 10.8 Å². The molecule has 1 unspecified atom stereocenters. The Kier molecular flexibility index (Phi) is 4.36. The number of para-hydroxylation sites is 1. The largest absolute Gasteiger partial charge is 0.480 e. The van der Waals surface area contributed by atoms with Crippen molar-refractivity contribution in [1.29, 1.82) is 0 Å². The molecular formula is C20H21Cl2N3O. The molecule has 1 aliphatic carbocycles. The predicted octanol–water partition coefficient (Wildman–Crippen LogP) is 5.01. The van der Waals surface area contributed by atoms with Crippen LogP contribution < -0.4 is 4.74 Å². The molecule has 1 aliphatic heterocycles. The minimum Gasteiger partial charge on any atom is -0.480 e. The van der Waals surface area contributed by atoms with Gasteiger partial charge in [-0.05, 0) is 55.9 Å².